The molecule has 0 radical (unpaired) electrons. The van der Waals surface area contributed by atoms with E-state index in [9.17, 15) is 4.79 Å². The second-order valence-corrected chi connectivity index (χ2v) is 6.49. The van der Waals surface area contributed by atoms with Crippen LogP contribution in [0.15, 0.2) is 41.6 Å². The Hall–Kier alpha value is -3.42. The lowest BCUT2D eigenvalue weighted by molar-refractivity contribution is -0.120. The second-order valence-electron chi connectivity index (χ2n) is 6.49. The lowest BCUT2D eigenvalue weighted by atomic mass is 10.2. The lowest BCUT2D eigenvalue weighted by Gasteiger charge is -2.18. The topological polar surface area (TPSA) is 87.6 Å². The minimum absolute atomic E-state index is 0.0412. The van der Waals surface area contributed by atoms with Crippen molar-refractivity contribution in [3.05, 3.63) is 42.0 Å². The van der Waals surface area contributed by atoms with Crippen LogP contribution in [-0.2, 0) is 9.63 Å². The number of amides is 1. The molecule has 154 valence electrons. The SMILES string of the molecule is COc1cc(/C=N\OCC(=O)Nc2ccc3c(c2)OCCO3)ccc1OC(C)C. The van der Waals surface area contributed by atoms with Crippen LogP contribution in [0, 0.1) is 0 Å². The van der Waals surface area contributed by atoms with Crippen LogP contribution >= 0.6 is 0 Å². The molecule has 1 aliphatic rings. The number of carbonyl (C=O) groups is 1. The van der Waals surface area contributed by atoms with Crippen molar-refractivity contribution in [3.63, 3.8) is 0 Å². The van der Waals surface area contributed by atoms with Crippen LogP contribution in [0.5, 0.6) is 23.0 Å². The fourth-order valence-corrected chi connectivity index (χ4v) is 2.63. The number of anilines is 1. The van der Waals surface area contributed by atoms with Crippen molar-refractivity contribution in [1.82, 2.24) is 0 Å². The Balaban J connectivity index is 1.50. The van der Waals surface area contributed by atoms with Gasteiger partial charge in [0.2, 0.25) is 0 Å². The van der Waals surface area contributed by atoms with Gasteiger partial charge in [-0.2, -0.15) is 0 Å². The van der Waals surface area contributed by atoms with Crippen molar-refractivity contribution in [2.24, 2.45) is 5.16 Å². The van der Waals surface area contributed by atoms with Gasteiger partial charge in [-0.05, 0) is 44.2 Å². The lowest BCUT2D eigenvalue weighted by Crippen LogP contribution is -2.18. The van der Waals surface area contributed by atoms with E-state index in [4.69, 9.17) is 23.8 Å². The van der Waals surface area contributed by atoms with E-state index in [1.807, 2.05) is 19.9 Å². The molecule has 8 nitrogen and oxygen atoms in total. The standard InChI is InChI=1S/C21H24N2O6/c1-14(2)29-18-6-4-15(10-19(18)25-3)12-22-28-13-21(24)23-16-5-7-17-20(11-16)27-9-8-26-17/h4-7,10-12,14H,8-9,13H2,1-3H3,(H,23,24)/b22-12-. The Morgan fingerprint density at radius 2 is 1.93 bits per heavy atom. The number of hydrogen-bond acceptors (Lipinski definition) is 7. The monoisotopic (exact) mass is 400 g/mol. The molecule has 1 heterocycles. The predicted octanol–water partition coefficient (Wildman–Crippen LogP) is 3.24. The summed E-state index contributed by atoms with van der Waals surface area (Å²) in [5, 5.41) is 6.56. The third-order valence-electron chi connectivity index (χ3n) is 3.85. The molecule has 0 aliphatic carbocycles. The molecule has 1 N–H and O–H groups in total. The van der Waals surface area contributed by atoms with E-state index in [1.54, 1.807) is 37.4 Å². The Bertz CT molecular complexity index is 881. The molecule has 1 aliphatic heterocycles. The van der Waals surface area contributed by atoms with Gasteiger partial charge in [0.1, 0.15) is 13.2 Å². The van der Waals surface area contributed by atoms with E-state index in [1.165, 1.54) is 6.21 Å². The van der Waals surface area contributed by atoms with Crippen LogP contribution in [0.2, 0.25) is 0 Å². The van der Waals surface area contributed by atoms with E-state index in [0.717, 1.165) is 5.56 Å². The highest BCUT2D eigenvalue weighted by atomic mass is 16.6. The van der Waals surface area contributed by atoms with Crippen LogP contribution in [0.3, 0.4) is 0 Å². The second kappa shape index (κ2) is 9.68. The molecule has 0 spiro atoms. The van der Waals surface area contributed by atoms with Crippen LogP contribution in [-0.4, -0.2) is 45.2 Å². The highest BCUT2D eigenvalue weighted by Gasteiger charge is 2.13. The van der Waals surface area contributed by atoms with E-state index < -0.39 is 0 Å². The molecule has 2 aromatic rings. The van der Waals surface area contributed by atoms with Crippen LogP contribution < -0.4 is 24.3 Å². The molecule has 2 aromatic carbocycles. The minimum atomic E-state index is -0.336. The van der Waals surface area contributed by atoms with Gasteiger partial charge in [-0.3, -0.25) is 4.79 Å². The van der Waals surface area contributed by atoms with Crippen LogP contribution in [0.1, 0.15) is 19.4 Å². The van der Waals surface area contributed by atoms with Gasteiger partial charge in [0.15, 0.2) is 29.6 Å². The summed E-state index contributed by atoms with van der Waals surface area (Å²) in [6.07, 6.45) is 1.54. The summed E-state index contributed by atoms with van der Waals surface area (Å²) in [5.41, 5.74) is 1.35. The Morgan fingerprint density at radius 1 is 1.14 bits per heavy atom. The number of ether oxygens (including phenoxy) is 4. The number of carbonyl (C=O) groups excluding carboxylic acids is 1. The molecule has 1 amide bonds. The number of benzene rings is 2. The Kier molecular flexibility index (Phi) is 6.78. The molecule has 0 saturated heterocycles. The van der Waals surface area contributed by atoms with Crippen molar-refractivity contribution >= 4 is 17.8 Å². The summed E-state index contributed by atoms with van der Waals surface area (Å²) >= 11 is 0. The van der Waals surface area contributed by atoms with Crippen molar-refractivity contribution in [3.8, 4) is 23.0 Å². The number of methoxy groups -OCH3 is 1. The fraction of sp³-hybridized carbons (Fsp3) is 0.333. The van der Waals surface area contributed by atoms with E-state index in [0.29, 0.717) is 41.9 Å². The molecule has 0 bridgehead atoms. The van der Waals surface area contributed by atoms with Gasteiger partial charge in [-0.25, -0.2) is 0 Å². The average Bonchev–Trinajstić information content (AvgIpc) is 2.71. The average molecular weight is 400 g/mol. The number of nitrogens with zero attached hydrogens (tertiary/aromatic N) is 1. The summed E-state index contributed by atoms with van der Waals surface area (Å²) < 4.78 is 21.9. The van der Waals surface area contributed by atoms with Gasteiger partial charge >= 0.3 is 0 Å². The van der Waals surface area contributed by atoms with Gasteiger partial charge in [-0.1, -0.05) is 5.16 Å². The number of fused-ring (bicyclic) bond motifs is 1. The van der Waals surface area contributed by atoms with E-state index in [-0.39, 0.29) is 18.6 Å². The smallest absolute Gasteiger partial charge is 0.265 e. The maximum Gasteiger partial charge on any atom is 0.265 e. The quantitative estimate of drug-likeness (QED) is 0.541. The third-order valence-corrected chi connectivity index (χ3v) is 3.85. The number of rotatable bonds is 8. The van der Waals surface area contributed by atoms with Crippen molar-refractivity contribution in [2.45, 2.75) is 20.0 Å². The van der Waals surface area contributed by atoms with Crippen molar-refractivity contribution in [2.75, 3.05) is 32.2 Å². The van der Waals surface area contributed by atoms with Crippen LogP contribution in [0.4, 0.5) is 5.69 Å². The zero-order valence-electron chi connectivity index (χ0n) is 16.6. The normalized spacial score (nSPS) is 12.7. The first-order chi connectivity index (χ1) is 14.0. The maximum absolute atomic E-state index is 12.0. The fourth-order valence-electron chi connectivity index (χ4n) is 2.63. The Morgan fingerprint density at radius 3 is 2.69 bits per heavy atom. The van der Waals surface area contributed by atoms with E-state index >= 15 is 0 Å². The molecule has 29 heavy (non-hydrogen) atoms. The number of nitrogens with one attached hydrogen (secondary N) is 1. The molecule has 0 unspecified atom stereocenters. The molecule has 0 atom stereocenters. The minimum Gasteiger partial charge on any atom is -0.493 e. The molecule has 0 saturated carbocycles. The first-order valence-corrected chi connectivity index (χ1v) is 9.24. The van der Waals surface area contributed by atoms with Crippen LogP contribution in [0.25, 0.3) is 0 Å². The van der Waals surface area contributed by atoms with Crippen molar-refractivity contribution < 1.29 is 28.6 Å². The largest absolute Gasteiger partial charge is 0.493 e. The summed E-state index contributed by atoms with van der Waals surface area (Å²) in [6, 6.07) is 10.6. The first-order valence-electron chi connectivity index (χ1n) is 9.24. The summed E-state index contributed by atoms with van der Waals surface area (Å²) in [6.45, 7) is 4.66. The number of hydrogen-bond donors (Lipinski definition) is 1. The molecule has 3 rings (SSSR count). The Labute approximate surface area is 169 Å². The molecule has 8 heteroatoms. The van der Waals surface area contributed by atoms with Gasteiger partial charge in [-0.15, -0.1) is 0 Å². The van der Waals surface area contributed by atoms with Gasteiger partial charge < -0.3 is 29.1 Å². The van der Waals surface area contributed by atoms with Gasteiger partial charge in [0.25, 0.3) is 5.91 Å². The van der Waals surface area contributed by atoms with E-state index in [2.05, 4.69) is 10.5 Å². The first kappa shape index (κ1) is 20.3. The number of oxime groups is 1. The van der Waals surface area contributed by atoms with Crippen molar-refractivity contribution in [1.29, 1.82) is 0 Å². The highest BCUT2D eigenvalue weighted by molar-refractivity contribution is 5.92. The van der Waals surface area contributed by atoms with Gasteiger partial charge in [0, 0.05) is 17.3 Å². The molecular weight excluding hydrogens is 376 g/mol. The predicted molar refractivity (Wildman–Crippen MR) is 108 cm³/mol. The van der Waals surface area contributed by atoms with Gasteiger partial charge in [0.05, 0.1) is 19.4 Å². The molecular formula is C21H24N2O6. The zero-order valence-corrected chi connectivity index (χ0v) is 16.6. The summed E-state index contributed by atoms with van der Waals surface area (Å²) in [4.78, 5) is 17.1. The summed E-state index contributed by atoms with van der Waals surface area (Å²) in [7, 11) is 1.57. The molecule has 0 aromatic heterocycles. The summed E-state index contributed by atoms with van der Waals surface area (Å²) in [5.74, 6) is 2.18. The highest BCUT2D eigenvalue weighted by Crippen LogP contribution is 2.32. The third kappa shape index (κ3) is 5.78. The molecule has 0 fully saturated rings. The zero-order chi connectivity index (χ0) is 20.6. The maximum atomic E-state index is 12.0.